The van der Waals surface area contributed by atoms with Crippen LogP contribution in [0.4, 0.5) is 5.69 Å². The first-order valence-electron chi connectivity index (χ1n) is 4.62. The first-order chi connectivity index (χ1) is 6.18. The molecule has 0 heterocycles. The van der Waals surface area contributed by atoms with E-state index in [9.17, 15) is 0 Å². The van der Waals surface area contributed by atoms with Crippen molar-refractivity contribution in [1.29, 1.82) is 0 Å². The summed E-state index contributed by atoms with van der Waals surface area (Å²) in [6.45, 7) is 7.23. The van der Waals surface area contributed by atoms with E-state index in [4.69, 9.17) is 0 Å². The summed E-state index contributed by atoms with van der Waals surface area (Å²) in [5.74, 6) is 0. The minimum Gasteiger partial charge on any atom is -0.382 e. The van der Waals surface area contributed by atoms with Crippen LogP contribution in [0.15, 0.2) is 35.9 Å². The van der Waals surface area contributed by atoms with Crippen LogP contribution in [0, 0.1) is 6.92 Å². The highest BCUT2D eigenvalue weighted by Crippen LogP contribution is 2.08. The van der Waals surface area contributed by atoms with Crippen molar-refractivity contribution in [2.75, 3.05) is 11.9 Å². The van der Waals surface area contributed by atoms with Crippen molar-refractivity contribution in [1.82, 2.24) is 0 Å². The molecule has 0 radical (unpaired) electrons. The second-order valence-electron chi connectivity index (χ2n) is 3.53. The van der Waals surface area contributed by atoms with Gasteiger partial charge in [0.25, 0.3) is 0 Å². The molecule has 0 aliphatic rings. The fraction of sp³-hybridized carbons (Fsp3) is 0.333. The number of aryl methyl sites for hydroxylation is 1. The molecule has 0 unspecified atom stereocenters. The Balaban J connectivity index is 2.50. The maximum Gasteiger partial charge on any atom is 0.0345 e. The Kier molecular flexibility index (Phi) is 3.56. The van der Waals surface area contributed by atoms with E-state index >= 15 is 0 Å². The molecule has 0 saturated heterocycles. The van der Waals surface area contributed by atoms with Crippen LogP contribution >= 0.6 is 0 Å². The number of allylic oxidation sites excluding steroid dienone is 1. The van der Waals surface area contributed by atoms with Gasteiger partial charge < -0.3 is 5.32 Å². The lowest BCUT2D eigenvalue weighted by Crippen LogP contribution is -1.98. The molecule has 0 aliphatic carbocycles. The van der Waals surface area contributed by atoms with E-state index in [1.54, 1.807) is 0 Å². The average molecular weight is 175 g/mol. The van der Waals surface area contributed by atoms with Crippen LogP contribution in [0.1, 0.15) is 19.4 Å². The van der Waals surface area contributed by atoms with E-state index in [0.29, 0.717) is 0 Å². The topological polar surface area (TPSA) is 12.0 Å². The highest BCUT2D eigenvalue weighted by atomic mass is 14.8. The molecule has 0 saturated carbocycles. The van der Waals surface area contributed by atoms with Gasteiger partial charge in [0.1, 0.15) is 0 Å². The lowest BCUT2D eigenvalue weighted by molar-refractivity contribution is 1.26. The summed E-state index contributed by atoms with van der Waals surface area (Å²) in [5.41, 5.74) is 3.83. The Bertz CT molecular complexity index is 296. The van der Waals surface area contributed by atoms with Crippen LogP contribution < -0.4 is 5.32 Å². The summed E-state index contributed by atoms with van der Waals surface area (Å²) in [4.78, 5) is 0. The molecule has 13 heavy (non-hydrogen) atoms. The number of anilines is 1. The molecule has 0 aliphatic heterocycles. The molecule has 0 fully saturated rings. The van der Waals surface area contributed by atoms with Crippen molar-refractivity contribution in [2.24, 2.45) is 0 Å². The molecule has 0 atom stereocenters. The van der Waals surface area contributed by atoms with E-state index < -0.39 is 0 Å². The van der Waals surface area contributed by atoms with Gasteiger partial charge >= 0.3 is 0 Å². The molecule has 1 nitrogen and oxygen atoms in total. The van der Waals surface area contributed by atoms with Crippen LogP contribution in [0.5, 0.6) is 0 Å². The van der Waals surface area contributed by atoms with Crippen LogP contribution in [0.2, 0.25) is 0 Å². The smallest absolute Gasteiger partial charge is 0.0345 e. The monoisotopic (exact) mass is 175 g/mol. The van der Waals surface area contributed by atoms with Crippen molar-refractivity contribution < 1.29 is 0 Å². The van der Waals surface area contributed by atoms with Gasteiger partial charge in [-0.3, -0.25) is 0 Å². The van der Waals surface area contributed by atoms with Gasteiger partial charge in [0.05, 0.1) is 0 Å². The van der Waals surface area contributed by atoms with Gasteiger partial charge in [0.15, 0.2) is 0 Å². The quantitative estimate of drug-likeness (QED) is 0.694. The highest BCUT2D eigenvalue weighted by Gasteiger charge is 1.89. The van der Waals surface area contributed by atoms with E-state index in [2.05, 4.69) is 56.4 Å². The third-order valence-electron chi connectivity index (χ3n) is 1.83. The van der Waals surface area contributed by atoms with E-state index in [1.165, 1.54) is 16.8 Å². The number of nitrogens with one attached hydrogen (secondary N) is 1. The molecule has 0 amide bonds. The highest BCUT2D eigenvalue weighted by molar-refractivity contribution is 5.45. The van der Waals surface area contributed by atoms with Crippen molar-refractivity contribution in [3.05, 3.63) is 41.5 Å². The molecule has 1 heteroatoms. The first kappa shape index (κ1) is 9.85. The Morgan fingerprint density at radius 1 is 1.38 bits per heavy atom. The molecule has 0 aromatic heterocycles. The Labute approximate surface area is 80.5 Å². The molecule has 0 bridgehead atoms. The van der Waals surface area contributed by atoms with Gasteiger partial charge in [0, 0.05) is 12.2 Å². The van der Waals surface area contributed by atoms with E-state index in [-0.39, 0.29) is 0 Å². The van der Waals surface area contributed by atoms with Crippen molar-refractivity contribution in [3.63, 3.8) is 0 Å². The molecule has 1 N–H and O–H groups in total. The molecular weight excluding hydrogens is 158 g/mol. The predicted molar refractivity (Wildman–Crippen MR) is 59.1 cm³/mol. The van der Waals surface area contributed by atoms with Gasteiger partial charge in [-0.25, -0.2) is 0 Å². The molecule has 1 rings (SSSR count). The van der Waals surface area contributed by atoms with Gasteiger partial charge in [-0.05, 0) is 38.5 Å². The fourth-order valence-electron chi connectivity index (χ4n) is 1.13. The standard InChI is InChI=1S/C12H17N/c1-10(2)7-8-13-12-6-4-5-11(3)9-12/h4-7,9,13H,8H2,1-3H3. The van der Waals surface area contributed by atoms with Gasteiger partial charge in [0.2, 0.25) is 0 Å². The van der Waals surface area contributed by atoms with Crippen LogP contribution in [-0.4, -0.2) is 6.54 Å². The van der Waals surface area contributed by atoms with Crippen molar-refractivity contribution in [2.45, 2.75) is 20.8 Å². The zero-order valence-electron chi connectivity index (χ0n) is 8.59. The van der Waals surface area contributed by atoms with E-state index in [1.807, 2.05) is 0 Å². The van der Waals surface area contributed by atoms with Crippen LogP contribution in [0.25, 0.3) is 0 Å². The fourth-order valence-corrected chi connectivity index (χ4v) is 1.13. The summed E-state index contributed by atoms with van der Waals surface area (Å²) >= 11 is 0. The summed E-state index contributed by atoms with van der Waals surface area (Å²) in [7, 11) is 0. The number of rotatable bonds is 3. The zero-order valence-corrected chi connectivity index (χ0v) is 8.59. The zero-order chi connectivity index (χ0) is 9.68. The maximum atomic E-state index is 3.34. The van der Waals surface area contributed by atoms with Crippen LogP contribution in [0.3, 0.4) is 0 Å². The molecule has 70 valence electrons. The van der Waals surface area contributed by atoms with Gasteiger partial charge in [-0.1, -0.05) is 23.8 Å². The minimum absolute atomic E-state index is 0.909. The largest absolute Gasteiger partial charge is 0.382 e. The van der Waals surface area contributed by atoms with E-state index in [0.717, 1.165) is 6.54 Å². The molecular formula is C12H17N. The molecule has 1 aromatic carbocycles. The number of hydrogen-bond acceptors (Lipinski definition) is 1. The van der Waals surface area contributed by atoms with Crippen molar-refractivity contribution >= 4 is 5.69 Å². The molecule has 0 spiro atoms. The van der Waals surface area contributed by atoms with Gasteiger partial charge in [-0.2, -0.15) is 0 Å². The second kappa shape index (κ2) is 4.70. The lowest BCUT2D eigenvalue weighted by atomic mass is 10.2. The average Bonchev–Trinajstić information content (AvgIpc) is 2.03. The summed E-state index contributed by atoms with van der Waals surface area (Å²) < 4.78 is 0. The third kappa shape index (κ3) is 3.79. The Morgan fingerprint density at radius 3 is 2.77 bits per heavy atom. The van der Waals surface area contributed by atoms with Crippen molar-refractivity contribution in [3.8, 4) is 0 Å². The predicted octanol–water partition coefficient (Wildman–Crippen LogP) is 3.37. The lowest BCUT2D eigenvalue weighted by Gasteiger charge is -2.03. The number of hydrogen-bond donors (Lipinski definition) is 1. The summed E-state index contributed by atoms with van der Waals surface area (Å²) in [6, 6.07) is 8.41. The Morgan fingerprint density at radius 2 is 2.15 bits per heavy atom. The number of benzene rings is 1. The first-order valence-corrected chi connectivity index (χ1v) is 4.62. The maximum absolute atomic E-state index is 3.34. The SMILES string of the molecule is CC(C)=CCNc1cccc(C)c1. The van der Waals surface area contributed by atoms with Gasteiger partial charge in [-0.15, -0.1) is 0 Å². The van der Waals surface area contributed by atoms with Crippen LogP contribution in [-0.2, 0) is 0 Å². The second-order valence-corrected chi connectivity index (χ2v) is 3.53. The molecule has 1 aromatic rings. The Hall–Kier alpha value is -1.24. The summed E-state index contributed by atoms with van der Waals surface area (Å²) in [6.07, 6.45) is 2.18. The minimum atomic E-state index is 0.909. The normalized spacial score (nSPS) is 9.46. The summed E-state index contributed by atoms with van der Waals surface area (Å²) in [5, 5.41) is 3.34. The third-order valence-corrected chi connectivity index (χ3v) is 1.83.